The van der Waals surface area contributed by atoms with E-state index in [1.165, 1.54) is 0 Å². The molecule has 0 atom stereocenters. The Morgan fingerprint density at radius 1 is 0.946 bits per heavy atom. The van der Waals surface area contributed by atoms with Crippen molar-refractivity contribution < 1.29 is 4.79 Å². The van der Waals surface area contributed by atoms with Crippen molar-refractivity contribution in [2.45, 2.75) is 13.8 Å². The molecule has 1 fully saturated rings. The van der Waals surface area contributed by atoms with Crippen LogP contribution in [0.2, 0.25) is 0 Å². The Kier molecular flexibility index (Phi) is 5.80. The van der Waals surface area contributed by atoms with Gasteiger partial charge in [-0.1, -0.05) is 13.8 Å². The number of carbonyl (C=O) groups excluding carboxylic acids is 1. The van der Waals surface area contributed by atoms with Crippen molar-refractivity contribution in [2.75, 3.05) is 43.4 Å². The fourth-order valence-electron chi connectivity index (χ4n) is 4.69. The number of amides is 1. The molecule has 1 saturated heterocycles. The molecule has 6 heterocycles. The van der Waals surface area contributed by atoms with Gasteiger partial charge in [0.1, 0.15) is 0 Å². The second-order valence-electron chi connectivity index (χ2n) is 9.89. The summed E-state index contributed by atoms with van der Waals surface area (Å²) in [5, 5.41) is 12.6. The number of H-pyrrole nitrogens is 2. The Bertz CT molecular complexity index is 1590. The Balaban J connectivity index is 1.36. The van der Waals surface area contributed by atoms with Crippen LogP contribution in [0.25, 0.3) is 44.5 Å². The zero-order valence-corrected chi connectivity index (χ0v) is 21.1. The van der Waals surface area contributed by atoms with Crippen LogP contribution in [0, 0.1) is 5.92 Å². The summed E-state index contributed by atoms with van der Waals surface area (Å²) >= 11 is 0. The maximum absolute atomic E-state index is 12.1. The fraction of sp³-hybridized carbons (Fsp3) is 0.296. The van der Waals surface area contributed by atoms with E-state index in [-0.39, 0.29) is 11.8 Å². The summed E-state index contributed by atoms with van der Waals surface area (Å²) < 4.78 is 0. The summed E-state index contributed by atoms with van der Waals surface area (Å²) in [6.45, 7) is 7.73. The van der Waals surface area contributed by atoms with Crippen molar-refractivity contribution in [2.24, 2.45) is 5.92 Å². The van der Waals surface area contributed by atoms with E-state index in [1.807, 2.05) is 32.3 Å². The van der Waals surface area contributed by atoms with Crippen LogP contribution in [0.3, 0.4) is 0 Å². The van der Waals surface area contributed by atoms with Crippen LogP contribution in [-0.2, 0) is 4.79 Å². The largest absolute Gasteiger partial charge is 0.367 e. The van der Waals surface area contributed by atoms with Crippen LogP contribution in [0.1, 0.15) is 13.8 Å². The SMILES string of the molecule is CC(C)C(=O)Nc1cncc(-c2cnc3n[nH]c(-c4cc5c(N6CCN(C)CC6)cncc5[nH]4)c3c2)c1. The molecule has 37 heavy (non-hydrogen) atoms. The van der Waals surface area contributed by atoms with Crippen LogP contribution in [0.5, 0.6) is 0 Å². The molecule has 5 aromatic heterocycles. The Morgan fingerprint density at radius 3 is 2.54 bits per heavy atom. The minimum absolute atomic E-state index is 0.0473. The average Bonchev–Trinajstić information content (AvgIpc) is 3.53. The van der Waals surface area contributed by atoms with E-state index < -0.39 is 0 Å². The summed E-state index contributed by atoms with van der Waals surface area (Å²) in [6.07, 6.45) is 9.01. The highest BCUT2D eigenvalue weighted by Crippen LogP contribution is 2.34. The van der Waals surface area contributed by atoms with Gasteiger partial charge in [0.25, 0.3) is 0 Å². The lowest BCUT2D eigenvalue weighted by Gasteiger charge is -2.34. The second kappa shape index (κ2) is 9.29. The van der Waals surface area contributed by atoms with Gasteiger partial charge in [0.05, 0.1) is 46.9 Å². The fourth-order valence-corrected chi connectivity index (χ4v) is 4.69. The molecule has 5 aromatic rings. The number of hydrogen-bond donors (Lipinski definition) is 3. The maximum Gasteiger partial charge on any atom is 0.226 e. The third-order valence-corrected chi connectivity index (χ3v) is 6.91. The van der Waals surface area contributed by atoms with Crippen LogP contribution >= 0.6 is 0 Å². The quantitative estimate of drug-likeness (QED) is 0.338. The number of nitrogens with one attached hydrogen (secondary N) is 3. The van der Waals surface area contributed by atoms with E-state index >= 15 is 0 Å². The van der Waals surface area contributed by atoms with Crippen LogP contribution < -0.4 is 10.2 Å². The molecule has 10 heteroatoms. The van der Waals surface area contributed by atoms with Crippen molar-refractivity contribution >= 4 is 39.2 Å². The van der Waals surface area contributed by atoms with Crippen LogP contribution in [-0.4, -0.2) is 74.2 Å². The van der Waals surface area contributed by atoms with Gasteiger partial charge in [-0.15, -0.1) is 0 Å². The van der Waals surface area contributed by atoms with Crippen molar-refractivity contribution in [3.63, 3.8) is 0 Å². The van der Waals surface area contributed by atoms with Crippen molar-refractivity contribution in [1.82, 2.24) is 35.0 Å². The molecule has 188 valence electrons. The third kappa shape index (κ3) is 4.40. The zero-order valence-electron chi connectivity index (χ0n) is 21.1. The molecule has 0 saturated carbocycles. The molecule has 10 nitrogen and oxygen atoms in total. The Labute approximate surface area is 214 Å². The van der Waals surface area contributed by atoms with Gasteiger partial charge in [-0.2, -0.15) is 5.10 Å². The number of aromatic amines is 2. The normalized spacial score (nSPS) is 14.6. The average molecular weight is 496 g/mol. The summed E-state index contributed by atoms with van der Waals surface area (Å²) in [7, 11) is 2.16. The van der Waals surface area contributed by atoms with Crippen LogP contribution in [0.4, 0.5) is 11.4 Å². The number of anilines is 2. The molecule has 0 bridgehead atoms. The van der Waals surface area contributed by atoms with Gasteiger partial charge >= 0.3 is 0 Å². The standard InChI is InChI=1S/C27H29N9O/c1-16(2)27(37)31-19-8-17(11-28-13-19)18-9-21-25(33-34-26(21)30-12-18)22-10-20-23(32-22)14-29-15-24(20)36-6-4-35(3)5-7-36/h8-16,32H,4-7H2,1-3H3,(H,31,37)(H,30,33,34). The molecule has 0 radical (unpaired) electrons. The first kappa shape index (κ1) is 23.1. The second-order valence-corrected chi connectivity index (χ2v) is 9.89. The highest BCUT2D eigenvalue weighted by Gasteiger charge is 2.19. The highest BCUT2D eigenvalue weighted by atomic mass is 16.1. The number of carbonyl (C=O) groups is 1. The number of pyridine rings is 3. The number of hydrogen-bond acceptors (Lipinski definition) is 7. The lowest BCUT2D eigenvalue weighted by molar-refractivity contribution is -0.118. The first-order chi connectivity index (χ1) is 18.0. The lowest BCUT2D eigenvalue weighted by atomic mass is 10.1. The van der Waals surface area contributed by atoms with Crippen molar-refractivity contribution in [1.29, 1.82) is 0 Å². The van der Waals surface area contributed by atoms with Gasteiger partial charge < -0.3 is 20.1 Å². The zero-order chi connectivity index (χ0) is 25.5. The molecule has 1 aliphatic heterocycles. The maximum atomic E-state index is 12.1. The van der Waals surface area contributed by atoms with Gasteiger partial charge in [-0.3, -0.25) is 19.9 Å². The number of aromatic nitrogens is 6. The number of nitrogens with zero attached hydrogens (tertiary/aromatic N) is 6. The third-order valence-electron chi connectivity index (χ3n) is 6.91. The molecule has 0 spiro atoms. The first-order valence-corrected chi connectivity index (χ1v) is 12.5. The van der Waals surface area contributed by atoms with E-state index in [2.05, 4.69) is 64.4 Å². The van der Waals surface area contributed by atoms with E-state index in [4.69, 9.17) is 0 Å². The molecule has 3 N–H and O–H groups in total. The van der Waals surface area contributed by atoms with E-state index in [9.17, 15) is 4.79 Å². The summed E-state index contributed by atoms with van der Waals surface area (Å²) in [5.41, 5.74) is 6.95. The molecule has 0 aromatic carbocycles. The smallest absolute Gasteiger partial charge is 0.226 e. The monoisotopic (exact) mass is 495 g/mol. The first-order valence-electron chi connectivity index (χ1n) is 12.5. The number of rotatable bonds is 5. The summed E-state index contributed by atoms with van der Waals surface area (Å²) in [6, 6.07) is 6.12. The van der Waals surface area contributed by atoms with E-state index in [0.29, 0.717) is 11.3 Å². The van der Waals surface area contributed by atoms with Gasteiger partial charge in [0, 0.05) is 66.4 Å². The molecule has 6 rings (SSSR count). The lowest BCUT2D eigenvalue weighted by Crippen LogP contribution is -2.44. The molecule has 0 aliphatic carbocycles. The highest BCUT2D eigenvalue weighted by molar-refractivity contribution is 5.99. The predicted molar refractivity (Wildman–Crippen MR) is 145 cm³/mol. The van der Waals surface area contributed by atoms with Gasteiger partial charge in [0.2, 0.25) is 5.91 Å². The van der Waals surface area contributed by atoms with Crippen molar-refractivity contribution in [3.8, 4) is 22.5 Å². The number of fused-ring (bicyclic) bond motifs is 2. The van der Waals surface area contributed by atoms with Gasteiger partial charge in [-0.25, -0.2) is 4.98 Å². The number of likely N-dealkylation sites (N-methyl/N-ethyl adjacent to an activating group) is 1. The minimum Gasteiger partial charge on any atom is -0.367 e. The summed E-state index contributed by atoms with van der Waals surface area (Å²) in [4.78, 5) is 33.8. The van der Waals surface area contributed by atoms with E-state index in [1.54, 1.807) is 18.6 Å². The van der Waals surface area contributed by atoms with Gasteiger partial charge in [-0.05, 0) is 25.2 Å². The molecule has 1 amide bonds. The molecule has 0 unspecified atom stereocenters. The minimum atomic E-state index is -0.113. The molecule has 1 aliphatic rings. The van der Waals surface area contributed by atoms with E-state index in [0.717, 1.165) is 70.7 Å². The van der Waals surface area contributed by atoms with Crippen molar-refractivity contribution in [3.05, 3.63) is 49.2 Å². The topological polar surface area (TPSA) is 119 Å². The molecular weight excluding hydrogens is 466 g/mol. The Hall–Kier alpha value is -4.31. The number of piperazine rings is 1. The summed E-state index contributed by atoms with van der Waals surface area (Å²) in [5.74, 6) is -0.160. The Morgan fingerprint density at radius 2 is 1.73 bits per heavy atom. The molecular formula is C27H29N9O. The van der Waals surface area contributed by atoms with Crippen LogP contribution in [0.15, 0.2) is 49.2 Å². The predicted octanol–water partition coefficient (Wildman–Crippen LogP) is 3.91. The van der Waals surface area contributed by atoms with Gasteiger partial charge in [0.15, 0.2) is 5.65 Å².